The van der Waals surface area contributed by atoms with E-state index < -0.39 is 35.6 Å². The summed E-state index contributed by atoms with van der Waals surface area (Å²) in [5.41, 5.74) is 7.68. The van der Waals surface area contributed by atoms with Crippen LogP contribution in [-0.2, 0) is 19.1 Å². The Balaban J connectivity index is 1.76. The van der Waals surface area contributed by atoms with Gasteiger partial charge in [-0.3, -0.25) is 14.4 Å². The summed E-state index contributed by atoms with van der Waals surface area (Å²) in [7, 11) is 0. The third-order valence-corrected chi connectivity index (χ3v) is 7.71. The summed E-state index contributed by atoms with van der Waals surface area (Å²) in [5, 5.41) is 7.74. The van der Waals surface area contributed by atoms with Gasteiger partial charge in [-0.25, -0.2) is 4.79 Å². The minimum absolute atomic E-state index is 0.0310. The maximum Gasteiger partial charge on any atom is 0.408 e. The summed E-state index contributed by atoms with van der Waals surface area (Å²) in [4.78, 5) is 55.0. The topological polar surface area (TPSA) is 131 Å². The van der Waals surface area contributed by atoms with Crippen molar-refractivity contribution in [3.63, 3.8) is 0 Å². The van der Waals surface area contributed by atoms with Crippen molar-refractivity contribution < 1.29 is 23.9 Å². The second-order valence-electron chi connectivity index (χ2n) is 12.5. The van der Waals surface area contributed by atoms with Gasteiger partial charge in [-0.15, -0.1) is 0 Å². The molecule has 3 aromatic carbocycles. The number of hydrogen-bond acceptors (Lipinski definition) is 5. The number of anilines is 1. The fourth-order valence-electron chi connectivity index (χ4n) is 5.48. The maximum absolute atomic E-state index is 14.5. The second-order valence-corrected chi connectivity index (χ2v) is 12.5. The summed E-state index contributed by atoms with van der Waals surface area (Å²) in [6, 6.07) is 16.9. The molecule has 1 aliphatic rings. The lowest BCUT2D eigenvalue weighted by Crippen LogP contribution is -2.53. The zero-order valence-corrected chi connectivity index (χ0v) is 25.8. The molecule has 4 unspecified atom stereocenters. The van der Waals surface area contributed by atoms with Gasteiger partial charge in [0.15, 0.2) is 0 Å². The Hall–Kier alpha value is -4.40. The summed E-state index contributed by atoms with van der Waals surface area (Å²) >= 11 is 0. The number of nitrogens with zero attached hydrogens (tertiary/aromatic N) is 1. The van der Waals surface area contributed by atoms with Crippen molar-refractivity contribution in [2.75, 3.05) is 5.32 Å². The van der Waals surface area contributed by atoms with Crippen molar-refractivity contribution in [3.05, 3.63) is 77.4 Å². The number of aryl methyl sites for hydroxylation is 2. The predicted molar refractivity (Wildman–Crippen MR) is 167 cm³/mol. The zero-order chi connectivity index (χ0) is 31.5. The molecule has 9 nitrogen and oxygen atoms in total. The van der Waals surface area contributed by atoms with Crippen LogP contribution >= 0.6 is 0 Å². The molecule has 0 bridgehead atoms. The molecule has 0 spiro atoms. The van der Waals surface area contributed by atoms with Crippen LogP contribution in [0.1, 0.15) is 69.7 Å². The molecule has 0 aliphatic heterocycles. The highest BCUT2D eigenvalue weighted by Gasteiger charge is 2.48. The minimum Gasteiger partial charge on any atom is -0.444 e. The summed E-state index contributed by atoms with van der Waals surface area (Å²) < 4.78 is 5.43. The number of nitrogens with one attached hydrogen (secondary N) is 2. The van der Waals surface area contributed by atoms with Crippen molar-refractivity contribution in [2.45, 2.75) is 84.5 Å². The number of primary amides is 1. The SMILES string of the molecule is Cc1cccc(C)c1C(C(=O)Nc1ccc2ccccc2c1)N(C(=O)C(CCC(N)=O)NC(=O)OC(C)(C)C)C1CC1C. The number of hydrogen-bond donors (Lipinski definition) is 3. The quantitative estimate of drug-likeness (QED) is 0.287. The van der Waals surface area contributed by atoms with Crippen molar-refractivity contribution in [1.29, 1.82) is 0 Å². The number of alkyl carbamates (subject to hydrolysis) is 1. The van der Waals surface area contributed by atoms with Crippen LogP contribution < -0.4 is 16.4 Å². The monoisotopic (exact) mass is 586 g/mol. The third-order valence-electron chi connectivity index (χ3n) is 7.71. The molecule has 9 heteroatoms. The van der Waals surface area contributed by atoms with Crippen molar-refractivity contribution in [3.8, 4) is 0 Å². The van der Waals surface area contributed by atoms with Gasteiger partial charge in [0.05, 0.1) is 0 Å². The van der Waals surface area contributed by atoms with Gasteiger partial charge in [0, 0.05) is 18.2 Å². The molecule has 1 saturated carbocycles. The van der Waals surface area contributed by atoms with E-state index in [1.807, 2.05) is 81.4 Å². The fraction of sp³-hybridized carbons (Fsp3) is 0.412. The van der Waals surface area contributed by atoms with Crippen LogP contribution in [0.2, 0.25) is 0 Å². The van der Waals surface area contributed by atoms with Gasteiger partial charge in [0.1, 0.15) is 17.7 Å². The Morgan fingerprint density at radius 2 is 1.60 bits per heavy atom. The van der Waals surface area contributed by atoms with Gasteiger partial charge in [0.2, 0.25) is 11.8 Å². The van der Waals surface area contributed by atoms with E-state index in [0.29, 0.717) is 12.1 Å². The van der Waals surface area contributed by atoms with Crippen LogP contribution in [0.15, 0.2) is 60.7 Å². The largest absolute Gasteiger partial charge is 0.444 e. The number of carbonyl (C=O) groups excluding carboxylic acids is 4. The van der Waals surface area contributed by atoms with Gasteiger partial charge in [-0.05, 0) is 93.0 Å². The first-order chi connectivity index (χ1) is 20.2. The van der Waals surface area contributed by atoms with E-state index in [9.17, 15) is 19.2 Å². The van der Waals surface area contributed by atoms with Crippen LogP contribution in [-0.4, -0.2) is 46.4 Å². The molecule has 4 atom stereocenters. The van der Waals surface area contributed by atoms with Crippen LogP contribution in [0.25, 0.3) is 10.8 Å². The first-order valence-corrected chi connectivity index (χ1v) is 14.7. The first-order valence-electron chi connectivity index (χ1n) is 14.7. The molecule has 4 amide bonds. The number of nitrogens with two attached hydrogens (primary N) is 1. The summed E-state index contributed by atoms with van der Waals surface area (Å²) in [6.07, 6.45) is -0.247. The summed E-state index contributed by atoms with van der Waals surface area (Å²) in [6.45, 7) is 11.0. The molecule has 43 heavy (non-hydrogen) atoms. The molecule has 1 fully saturated rings. The van der Waals surface area contributed by atoms with Gasteiger partial charge in [0.25, 0.3) is 5.91 Å². The van der Waals surface area contributed by atoms with Crippen molar-refractivity contribution in [1.82, 2.24) is 10.2 Å². The average molecular weight is 587 g/mol. The number of ether oxygens (including phenoxy) is 1. The van der Waals surface area contributed by atoms with E-state index in [2.05, 4.69) is 10.6 Å². The number of rotatable bonds is 10. The second kappa shape index (κ2) is 12.9. The van der Waals surface area contributed by atoms with Gasteiger partial charge < -0.3 is 26.0 Å². The third kappa shape index (κ3) is 7.91. The van der Waals surface area contributed by atoms with E-state index in [4.69, 9.17) is 10.5 Å². The van der Waals surface area contributed by atoms with Crippen molar-refractivity contribution in [2.24, 2.45) is 11.7 Å². The van der Waals surface area contributed by atoms with Gasteiger partial charge >= 0.3 is 6.09 Å². The Kier molecular flexibility index (Phi) is 9.43. The Bertz CT molecular complexity index is 1510. The van der Waals surface area contributed by atoms with Crippen LogP contribution in [0.5, 0.6) is 0 Å². The first kappa shape index (κ1) is 31.5. The predicted octanol–water partition coefficient (Wildman–Crippen LogP) is 5.53. The summed E-state index contributed by atoms with van der Waals surface area (Å²) in [5.74, 6) is -1.30. The Morgan fingerprint density at radius 3 is 2.19 bits per heavy atom. The molecule has 228 valence electrons. The van der Waals surface area contributed by atoms with E-state index >= 15 is 0 Å². The number of fused-ring (bicyclic) bond motifs is 1. The Labute approximate surface area is 253 Å². The molecule has 0 saturated heterocycles. The van der Waals surface area contributed by atoms with E-state index in [1.54, 1.807) is 25.7 Å². The van der Waals surface area contributed by atoms with Gasteiger partial charge in [-0.1, -0.05) is 55.5 Å². The van der Waals surface area contributed by atoms with E-state index in [1.165, 1.54) is 0 Å². The molecule has 3 aromatic rings. The molecule has 0 radical (unpaired) electrons. The highest BCUT2D eigenvalue weighted by Crippen LogP contribution is 2.42. The smallest absolute Gasteiger partial charge is 0.408 e. The molecular formula is C34H42N4O5. The fourth-order valence-corrected chi connectivity index (χ4v) is 5.48. The molecule has 4 N–H and O–H groups in total. The van der Waals surface area contributed by atoms with E-state index in [0.717, 1.165) is 27.5 Å². The van der Waals surface area contributed by atoms with Crippen LogP contribution in [0, 0.1) is 19.8 Å². The van der Waals surface area contributed by atoms with Gasteiger partial charge in [-0.2, -0.15) is 0 Å². The maximum atomic E-state index is 14.5. The lowest BCUT2D eigenvalue weighted by molar-refractivity contribution is -0.142. The molecule has 0 heterocycles. The van der Waals surface area contributed by atoms with Crippen molar-refractivity contribution >= 4 is 40.3 Å². The molecule has 1 aliphatic carbocycles. The normalized spacial score (nSPS) is 17.4. The Morgan fingerprint density at radius 1 is 0.977 bits per heavy atom. The van der Waals surface area contributed by atoms with Crippen LogP contribution in [0.4, 0.5) is 10.5 Å². The minimum atomic E-state index is -1.13. The molecular weight excluding hydrogens is 544 g/mol. The number of amides is 4. The highest BCUT2D eigenvalue weighted by molar-refractivity contribution is 6.01. The standard InChI is InChI=1S/C34H42N4O5/c1-20-10-9-11-21(2)29(20)30(31(40)36-25-15-14-23-12-7-8-13-24(23)19-25)38(27-18-22(27)3)32(41)26(16-17-28(35)39)37-33(42)43-34(4,5)6/h7-15,19,22,26-27,30H,16-18H2,1-6H3,(H2,35,39)(H,36,40)(H,37,42). The highest BCUT2D eigenvalue weighted by atomic mass is 16.6. The number of carbonyl (C=O) groups is 4. The average Bonchev–Trinajstić information content (AvgIpc) is 3.64. The number of benzene rings is 3. The lowest BCUT2D eigenvalue weighted by Gasteiger charge is -2.36. The lowest BCUT2D eigenvalue weighted by atomic mass is 9.93. The molecule has 4 rings (SSSR count). The van der Waals surface area contributed by atoms with Crippen LogP contribution in [0.3, 0.4) is 0 Å². The zero-order valence-electron chi connectivity index (χ0n) is 25.8. The van der Waals surface area contributed by atoms with E-state index in [-0.39, 0.29) is 30.7 Å². The molecule has 0 aromatic heterocycles.